The summed E-state index contributed by atoms with van der Waals surface area (Å²) >= 11 is 0. The Morgan fingerprint density at radius 1 is 1.28 bits per heavy atom. The zero-order valence-electron chi connectivity index (χ0n) is 10.9. The molecule has 0 saturated heterocycles. The summed E-state index contributed by atoms with van der Waals surface area (Å²) in [4.78, 5) is 11.3. The lowest BCUT2D eigenvalue weighted by Crippen LogP contribution is -2.10. The number of benzene rings is 1. The minimum Gasteiger partial charge on any atom is -0.478 e. The van der Waals surface area contributed by atoms with E-state index in [1.165, 1.54) is 0 Å². The number of rotatable bonds is 5. The first-order valence-electron chi connectivity index (χ1n) is 6.48. The van der Waals surface area contributed by atoms with E-state index >= 15 is 0 Å². The molecule has 3 nitrogen and oxygen atoms in total. The van der Waals surface area contributed by atoms with Gasteiger partial charge in [-0.05, 0) is 18.1 Å². The van der Waals surface area contributed by atoms with Crippen molar-refractivity contribution in [3.63, 3.8) is 0 Å². The number of carboxylic acid groups (broad SMARTS) is 1. The van der Waals surface area contributed by atoms with Crippen molar-refractivity contribution >= 4 is 16.9 Å². The number of aromatic carboxylic acids is 1. The third kappa shape index (κ3) is 2.26. The second-order valence-corrected chi connectivity index (χ2v) is 4.70. The van der Waals surface area contributed by atoms with E-state index in [4.69, 9.17) is 0 Å². The fraction of sp³-hybridized carbons (Fsp3) is 0.400. The fourth-order valence-electron chi connectivity index (χ4n) is 2.41. The highest BCUT2D eigenvalue weighted by atomic mass is 16.4. The van der Waals surface area contributed by atoms with E-state index in [2.05, 4.69) is 18.4 Å². The Balaban J connectivity index is 2.48. The van der Waals surface area contributed by atoms with Crippen LogP contribution in [0.3, 0.4) is 0 Å². The average molecular weight is 245 g/mol. The maximum atomic E-state index is 11.3. The first-order chi connectivity index (χ1) is 8.67. The van der Waals surface area contributed by atoms with E-state index in [9.17, 15) is 9.90 Å². The molecule has 0 aliphatic rings. The molecular weight excluding hydrogens is 226 g/mol. The molecule has 0 fully saturated rings. The SMILES string of the molecule is CCC(CC)Cn1ccc2cccc(C(=O)O)c21. The predicted molar refractivity (Wildman–Crippen MR) is 73.0 cm³/mol. The molecule has 0 aliphatic carbocycles. The lowest BCUT2D eigenvalue weighted by Gasteiger charge is -2.15. The number of carboxylic acids is 1. The van der Waals surface area contributed by atoms with Crippen LogP contribution >= 0.6 is 0 Å². The van der Waals surface area contributed by atoms with Gasteiger partial charge in [0.15, 0.2) is 0 Å². The molecule has 0 aliphatic heterocycles. The Bertz CT molecular complexity index is 553. The van der Waals surface area contributed by atoms with Crippen LogP contribution in [-0.4, -0.2) is 15.6 Å². The van der Waals surface area contributed by atoms with E-state index in [0.717, 1.165) is 30.3 Å². The smallest absolute Gasteiger partial charge is 0.337 e. The maximum absolute atomic E-state index is 11.3. The molecule has 0 saturated carbocycles. The van der Waals surface area contributed by atoms with Crippen molar-refractivity contribution in [1.82, 2.24) is 4.57 Å². The Morgan fingerprint density at radius 2 is 2.00 bits per heavy atom. The molecule has 1 aromatic heterocycles. The number of hydrogen-bond donors (Lipinski definition) is 1. The first kappa shape index (κ1) is 12.7. The van der Waals surface area contributed by atoms with Gasteiger partial charge in [0, 0.05) is 18.1 Å². The van der Waals surface area contributed by atoms with Crippen LogP contribution in [0.1, 0.15) is 37.0 Å². The number of hydrogen-bond acceptors (Lipinski definition) is 1. The maximum Gasteiger partial charge on any atom is 0.337 e. The van der Waals surface area contributed by atoms with Crippen molar-refractivity contribution in [3.05, 3.63) is 36.0 Å². The molecule has 0 amide bonds. The molecule has 0 atom stereocenters. The van der Waals surface area contributed by atoms with Crippen molar-refractivity contribution in [2.24, 2.45) is 5.92 Å². The van der Waals surface area contributed by atoms with Gasteiger partial charge in [-0.15, -0.1) is 0 Å². The summed E-state index contributed by atoms with van der Waals surface area (Å²) in [6, 6.07) is 7.43. The highest BCUT2D eigenvalue weighted by Crippen LogP contribution is 2.23. The topological polar surface area (TPSA) is 42.2 Å². The van der Waals surface area contributed by atoms with Crippen molar-refractivity contribution in [2.45, 2.75) is 33.2 Å². The third-order valence-corrected chi connectivity index (χ3v) is 3.63. The molecule has 3 heteroatoms. The van der Waals surface area contributed by atoms with E-state index < -0.39 is 5.97 Å². The molecule has 0 spiro atoms. The van der Waals surface area contributed by atoms with Gasteiger partial charge < -0.3 is 9.67 Å². The van der Waals surface area contributed by atoms with E-state index in [1.807, 2.05) is 18.3 Å². The molecule has 2 aromatic rings. The van der Waals surface area contributed by atoms with Crippen LogP contribution in [0.15, 0.2) is 30.5 Å². The number of aromatic nitrogens is 1. The van der Waals surface area contributed by atoms with Gasteiger partial charge >= 0.3 is 5.97 Å². The monoisotopic (exact) mass is 245 g/mol. The lowest BCUT2D eigenvalue weighted by atomic mass is 10.0. The summed E-state index contributed by atoms with van der Waals surface area (Å²) in [6.45, 7) is 5.25. The Kier molecular flexibility index (Phi) is 3.70. The van der Waals surface area contributed by atoms with Crippen LogP contribution in [0.25, 0.3) is 10.9 Å². The molecule has 0 radical (unpaired) electrons. The van der Waals surface area contributed by atoms with Gasteiger partial charge in [0.25, 0.3) is 0 Å². The normalized spacial score (nSPS) is 11.3. The zero-order valence-corrected chi connectivity index (χ0v) is 10.9. The average Bonchev–Trinajstić information content (AvgIpc) is 2.78. The predicted octanol–water partition coefficient (Wildman–Crippen LogP) is 3.78. The minimum atomic E-state index is -0.856. The molecule has 1 heterocycles. The highest BCUT2D eigenvalue weighted by molar-refractivity contribution is 6.02. The Hall–Kier alpha value is -1.77. The Labute approximate surface area is 107 Å². The number of nitrogens with zero attached hydrogens (tertiary/aromatic N) is 1. The van der Waals surface area contributed by atoms with Gasteiger partial charge in [-0.3, -0.25) is 0 Å². The van der Waals surface area contributed by atoms with Crippen molar-refractivity contribution in [3.8, 4) is 0 Å². The second kappa shape index (κ2) is 5.25. The molecule has 1 aromatic carbocycles. The van der Waals surface area contributed by atoms with Crippen LogP contribution < -0.4 is 0 Å². The van der Waals surface area contributed by atoms with Gasteiger partial charge in [-0.2, -0.15) is 0 Å². The third-order valence-electron chi connectivity index (χ3n) is 3.63. The summed E-state index contributed by atoms with van der Waals surface area (Å²) in [5.41, 5.74) is 1.24. The number of para-hydroxylation sites is 1. The highest BCUT2D eigenvalue weighted by Gasteiger charge is 2.13. The fourth-order valence-corrected chi connectivity index (χ4v) is 2.41. The molecule has 1 N–H and O–H groups in total. The zero-order chi connectivity index (χ0) is 13.1. The van der Waals surface area contributed by atoms with Gasteiger partial charge in [0.1, 0.15) is 0 Å². The first-order valence-corrected chi connectivity index (χ1v) is 6.48. The van der Waals surface area contributed by atoms with E-state index in [-0.39, 0.29) is 0 Å². The summed E-state index contributed by atoms with van der Waals surface area (Å²) in [5.74, 6) is -0.257. The summed E-state index contributed by atoms with van der Waals surface area (Å²) in [6.07, 6.45) is 4.23. The molecule has 96 valence electrons. The van der Waals surface area contributed by atoms with Crippen LogP contribution in [0, 0.1) is 5.92 Å². The number of fused-ring (bicyclic) bond motifs is 1. The van der Waals surface area contributed by atoms with E-state index in [1.54, 1.807) is 12.1 Å². The van der Waals surface area contributed by atoms with Gasteiger partial charge in [-0.1, -0.05) is 38.8 Å². The molecular formula is C15H19NO2. The molecule has 2 rings (SSSR count). The van der Waals surface area contributed by atoms with Crippen molar-refractivity contribution in [1.29, 1.82) is 0 Å². The quantitative estimate of drug-likeness (QED) is 0.871. The second-order valence-electron chi connectivity index (χ2n) is 4.70. The summed E-state index contributed by atoms with van der Waals surface area (Å²) in [5, 5.41) is 10.3. The van der Waals surface area contributed by atoms with Gasteiger partial charge in [-0.25, -0.2) is 4.79 Å². The summed E-state index contributed by atoms with van der Waals surface area (Å²) < 4.78 is 2.08. The standard InChI is InChI=1S/C15H19NO2/c1-3-11(4-2)10-16-9-8-12-6-5-7-13(14(12)16)15(17)18/h5-9,11H,3-4,10H2,1-2H3,(H,17,18). The molecule has 0 unspecified atom stereocenters. The lowest BCUT2D eigenvalue weighted by molar-refractivity contribution is 0.0698. The molecule has 18 heavy (non-hydrogen) atoms. The van der Waals surface area contributed by atoms with Gasteiger partial charge in [0.05, 0.1) is 11.1 Å². The van der Waals surface area contributed by atoms with Crippen molar-refractivity contribution in [2.75, 3.05) is 0 Å². The van der Waals surface area contributed by atoms with Crippen molar-refractivity contribution < 1.29 is 9.90 Å². The Morgan fingerprint density at radius 3 is 2.61 bits per heavy atom. The minimum absolute atomic E-state index is 0.392. The van der Waals surface area contributed by atoms with Crippen LogP contribution in [0.5, 0.6) is 0 Å². The molecule has 0 bridgehead atoms. The van der Waals surface area contributed by atoms with Crippen LogP contribution in [0.2, 0.25) is 0 Å². The number of carbonyl (C=O) groups is 1. The van der Waals surface area contributed by atoms with Crippen LogP contribution in [0.4, 0.5) is 0 Å². The summed E-state index contributed by atoms with van der Waals surface area (Å²) in [7, 11) is 0. The van der Waals surface area contributed by atoms with Gasteiger partial charge in [0.2, 0.25) is 0 Å². The van der Waals surface area contributed by atoms with Crippen LogP contribution in [-0.2, 0) is 6.54 Å². The van der Waals surface area contributed by atoms with E-state index in [0.29, 0.717) is 11.5 Å². The largest absolute Gasteiger partial charge is 0.478 e.